The van der Waals surface area contributed by atoms with E-state index in [4.69, 9.17) is 0 Å². The van der Waals surface area contributed by atoms with E-state index in [0.717, 1.165) is 0 Å². The van der Waals surface area contributed by atoms with E-state index in [1.54, 1.807) is 0 Å². The zero-order valence-corrected chi connectivity index (χ0v) is 3.82. The lowest BCUT2D eigenvalue weighted by molar-refractivity contribution is 0.561. The van der Waals surface area contributed by atoms with Gasteiger partial charge < -0.3 is 0 Å². The van der Waals surface area contributed by atoms with Crippen molar-refractivity contribution < 1.29 is 9.59 Å². The first-order valence-electron chi connectivity index (χ1n) is 1.66. The molecule has 0 bridgehead atoms. The van der Waals surface area contributed by atoms with Gasteiger partial charge in [-0.3, -0.25) is 4.79 Å². The predicted octanol–water partition coefficient (Wildman–Crippen LogP) is 0.0291. The summed E-state index contributed by atoms with van der Waals surface area (Å²) in [7, 11) is 0. The molecule has 0 atom stereocenters. The number of rotatable bonds is 1. The van der Waals surface area contributed by atoms with Crippen LogP contribution in [-0.2, 0) is 9.59 Å². The van der Waals surface area contributed by atoms with Gasteiger partial charge in [0.05, 0.1) is 5.57 Å². The Labute approximate surface area is 41.1 Å². The number of allylic oxidation sites excluding steroid dienone is 1. The van der Waals surface area contributed by atoms with Crippen molar-refractivity contribution in [2.45, 2.75) is 6.92 Å². The lowest BCUT2D eigenvalue weighted by Crippen LogP contribution is -1.68. The van der Waals surface area contributed by atoms with Gasteiger partial charge in [-0.2, -0.15) is 0 Å². The Balaban J connectivity index is 4.31. The summed E-state index contributed by atoms with van der Waals surface area (Å²) in [5.74, 6) is 1.32. The van der Waals surface area contributed by atoms with Gasteiger partial charge in [-0.05, 0) is 12.7 Å². The zero-order valence-electron chi connectivity index (χ0n) is 3.82. The summed E-state index contributed by atoms with van der Waals surface area (Å²) in [6.07, 6.45) is 1.46. The second-order valence-corrected chi connectivity index (χ2v) is 0.954. The summed E-state index contributed by atoms with van der Waals surface area (Å²) >= 11 is 0. The molecule has 0 rings (SSSR count). The van der Waals surface area contributed by atoms with Crippen LogP contribution in [0, 0.1) is 0 Å². The van der Waals surface area contributed by atoms with Crippen LogP contribution in [0.2, 0.25) is 0 Å². The highest BCUT2D eigenvalue weighted by Gasteiger charge is 1.76. The van der Waals surface area contributed by atoms with Gasteiger partial charge in [0.2, 0.25) is 6.29 Å². The molecule has 0 aromatic carbocycles. The lowest BCUT2D eigenvalue weighted by atomic mass is 10.4. The number of hydrogen-bond donors (Lipinski definition) is 0. The van der Waals surface area contributed by atoms with Crippen LogP contribution in [-0.4, -0.2) is 12.2 Å². The second-order valence-electron chi connectivity index (χ2n) is 0.954. The van der Waals surface area contributed by atoms with E-state index in [2.05, 4.69) is 0 Å². The van der Waals surface area contributed by atoms with E-state index in [1.807, 2.05) is 5.73 Å². The minimum Gasteiger partial charge on any atom is -0.285 e. The van der Waals surface area contributed by atoms with Crippen LogP contribution in [0.25, 0.3) is 0 Å². The van der Waals surface area contributed by atoms with Crippen LogP contribution in [0.1, 0.15) is 6.92 Å². The van der Waals surface area contributed by atoms with Gasteiger partial charge in [0.25, 0.3) is 0 Å². The van der Waals surface area contributed by atoms with Crippen LogP contribution in [0.5, 0.6) is 0 Å². The van der Waals surface area contributed by atoms with E-state index in [9.17, 15) is 9.59 Å². The van der Waals surface area contributed by atoms with Gasteiger partial charge >= 0.3 is 0 Å². The maximum Gasteiger partial charge on any atom is 0.237 e. The number of hydrogen-bond acceptors (Lipinski definition) is 2. The molecule has 2 heteroatoms. The quantitative estimate of drug-likeness (QED) is 0.261. The van der Waals surface area contributed by atoms with Crippen molar-refractivity contribution in [3.05, 3.63) is 11.3 Å². The fraction of sp³-hybridized carbons (Fsp3) is 0.200. The molecular formula is C5H3O2. The maximum absolute atomic E-state index is 9.49. The topological polar surface area (TPSA) is 34.1 Å². The van der Waals surface area contributed by atoms with E-state index in [0.29, 0.717) is 0 Å². The van der Waals surface area contributed by atoms with Crippen molar-refractivity contribution in [2.75, 3.05) is 0 Å². The molecule has 35 valence electrons. The molecule has 7 heavy (non-hydrogen) atoms. The first-order chi connectivity index (χ1) is 3.31. The van der Waals surface area contributed by atoms with Gasteiger partial charge in [-0.15, -0.1) is 0 Å². The molecule has 0 aromatic rings. The molecule has 0 aromatic heterocycles. The molecule has 0 amide bonds. The first kappa shape index (κ1) is 5.90. The van der Waals surface area contributed by atoms with Crippen molar-refractivity contribution >= 4 is 12.2 Å². The Kier molecular flexibility index (Phi) is 2.62. The molecule has 0 aliphatic heterocycles. The van der Waals surface area contributed by atoms with E-state index >= 15 is 0 Å². The molecule has 0 saturated carbocycles. The highest BCUT2D eigenvalue weighted by atomic mass is 16.1. The van der Waals surface area contributed by atoms with Crippen molar-refractivity contribution in [1.29, 1.82) is 0 Å². The van der Waals surface area contributed by atoms with E-state index in [-0.39, 0.29) is 5.57 Å². The molecule has 0 heterocycles. The molecule has 0 fully saturated rings. The molecule has 0 unspecified atom stereocenters. The van der Waals surface area contributed by atoms with Crippen LogP contribution in [0.15, 0.2) is 11.3 Å². The molecule has 0 N–H and O–H groups in total. The largest absolute Gasteiger partial charge is 0.285 e. The maximum atomic E-state index is 9.49. The highest BCUT2D eigenvalue weighted by Crippen LogP contribution is 1.74. The van der Waals surface area contributed by atoms with Gasteiger partial charge in [0.15, 0.2) is 5.94 Å². The fourth-order valence-corrected chi connectivity index (χ4v) is 0.102. The van der Waals surface area contributed by atoms with Gasteiger partial charge in [0.1, 0.15) is 0 Å². The third kappa shape index (κ3) is 2.71. The van der Waals surface area contributed by atoms with E-state index < -0.39 is 0 Å². The number of carbonyl (C=O) groups excluding carboxylic acids is 2. The Hall–Kier alpha value is -1.10. The fourth-order valence-electron chi connectivity index (χ4n) is 0.102. The molecule has 2 nitrogen and oxygen atoms in total. The Morgan fingerprint density at radius 1 is 1.43 bits per heavy atom. The predicted molar refractivity (Wildman–Crippen MR) is 24.1 cm³/mol. The third-order valence-corrected chi connectivity index (χ3v) is 0.392. The summed E-state index contributed by atoms with van der Waals surface area (Å²) in [5, 5.41) is 0. The van der Waals surface area contributed by atoms with Crippen molar-refractivity contribution in [2.24, 2.45) is 0 Å². The first-order valence-corrected chi connectivity index (χ1v) is 1.66. The summed E-state index contributed by atoms with van der Waals surface area (Å²) < 4.78 is 0. The molecule has 0 aliphatic carbocycles. The van der Waals surface area contributed by atoms with Gasteiger partial charge in [0, 0.05) is 0 Å². The molecule has 0 saturated heterocycles. The Morgan fingerprint density at radius 2 is 2.00 bits per heavy atom. The summed E-state index contributed by atoms with van der Waals surface area (Å²) in [6.45, 7) is 1.43. The molecule has 0 aliphatic rings. The summed E-state index contributed by atoms with van der Waals surface area (Å²) in [5.41, 5.74) is 2.13. The monoisotopic (exact) mass is 95.0 g/mol. The SMILES string of the molecule is CC([C]=O)=C=C=O. The lowest BCUT2D eigenvalue weighted by Gasteiger charge is -1.63. The second kappa shape index (κ2) is 3.10. The zero-order chi connectivity index (χ0) is 5.70. The average molecular weight is 95.1 g/mol. The van der Waals surface area contributed by atoms with Crippen LogP contribution in [0.4, 0.5) is 0 Å². The minimum atomic E-state index is 0.148. The Bertz CT molecular complexity index is 145. The van der Waals surface area contributed by atoms with Gasteiger partial charge in [-0.25, -0.2) is 4.79 Å². The summed E-state index contributed by atoms with van der Waals surface area (Å²) in [4.78, 5) is 18.8. The Morgan fingerprint density at radius 3 is 2.14 bits per heavy atom. The normalized spacial score (nSPS) is 5.86. The minimum absolute atomic E-state index is 0.148. The standard InChI is InChI=1S/C5H3O2/c1-5(4-7)2-3-6/h1H3. The van der Waals surface area contributed by atoms with Crippen molar-refractivity contribution in [3.8, 4) is 0 Å². The van der Waals surface area contributed by atoms with Crippen LogP contribution in [0.3, 0.4) is 0 Å². The van der Waals surface area contributed by atoms with Crippen molar-refractivity contribution in [3.63, 3.8) is 0 Å². The highest BCUT2D eigenvalue weighted by molar-refractivity contribution is 5.74. The summed E-state index contributed by atoms with van der Waals surface area (Å²) in [6, 6.07) is 0. The molecule has 0 spiro atoms. The third-order valence-electron chi connectivity index (χ3n) is 0.392. The van der Waals surface area contributed by atoms with Crippen LogP contribution < -0.4 is 0 Å². The van der Waals surface area contributed by atoms with Crippen LogP contribution >= 0.6 is 0 Å². The average Bonchev–Trinajstić information content (AvgIpc) is 1.68. The van der Waals surface area contributed by atoms with Gasteiger partial charge in [-0.1, -0.05) is 0 Å². The molecule has 1 radical (unpaired) electrons. The molecular weight excluding hydrogens is 92.1 g/mol. The van der Waals surface area contributed by atoms with Crippen molar-refractivity contribution in [1.82, 2.24) is 0 Å². The smallest absolute Gasteiger partial charge is 0.237 e. The van der Waals surface area contributed by atoms with E-state index in [1.165, 1.54) is 19.2 Å².